The number of aryl methyl sites for hydroxylation is 4. The summed E-state index contributed by atoms with van der Waals surface area (Å²) in [6.07, 6.45) is -4.78. The van der Waals surface area contributed by atoms with Crippen LogP contribution in [0.4, 0.5) is 13.2 Å². The normalized spacial score (nSPS) is 11.9. The van der Waals surface area contributed by atoms with Gasteiger partial charge in [0.05, 0.1) is 39.0 Å². The van der Waals surface area contributed by atoms with Crippen LogP contribution in [0.3, 0.4) is 0 Å². The Bertz CT molecular complexity index is 4340. The van der Waals surface area contributed by atoms with E-state index in [9.17, 15) is 0 Å². The summed E-state index contributed by atoms with van der Waals surface area (Å²) in [6, 6.07) is 71.4. The molecule has 0 N–H and O–H groups in total. The van der Waals surface area contributed by atoms with Gasteiger partial charge in [-0.1, -0.05) is 186 Å². The molecular weight excluding hydrogens is 944 g/mol. The Balaban J connectivity index is 1.08. The molecule has 0 aliphatic heterocycles. The van der Waals surface area contributed by atoms with E-state index in [1.54, 1.807) is 28.8 Å². The molecule has 0 saturated heterocycles. The van der Waals surface area contributed by atoms with Crippen LogP contribution in [0, 0.1) is 27.7 Å². The summed E-state index contributed by atoms with van der Waals surface area (Å²) in [5.41, 5.74) is 14.5. The van der Waals surface area contributed by atoms with Gasteiger partial charge in [-0.15, -0.1) is 0 Å². The number of benzene rings is 10. The van der Waals surface area contributed by atoms with Crippen LogP contribution >= 0.6 is 0 Å². The van der Waals surface area contributed by atoms with Crippen LogP contribution in [0.1, 0.15) is 27.8 Å². The standard InChI is InChI=1S/C68H48F3N5/c1-41-32-42(2)35-50(34-41)47-27-30-60-56(38-47)53-20-11-13-23-58(53)75(60)62-25-15-22-52(64(62)68(69,70)71)49-26-29-55(67-73-65(45-16-7-5-8-17-45)72-66(74-67)46-18-9-6-10-19-46)63(40-49)76-59-24-14-12-21-54(59)57-39-48(28-31-61(57)76)51-36-43(3)33-44(4)37-51/h5-40H,1-4H3. The van der Waals surface area contributed by atoms with Crippen LogP contribution in [0.25, 0.3) is 123 Å². The van der Waals surface area contributed by atoms with E-state index in [0.717, 1.165) is 77.1 Å². The maximum Gasteiger partial charge on any atom is 0.419 e. The second kappa shape index (κ2) is 18.2. The number of alkyl halides is 3. The fourth-order valence-corrected chi connectivity index (χ4v) is 11.4. The minimum absolute atomic E-state index is 0.0363. The minimum atomic E-state index is -4.78. The topological polar surface area (TPSA) is 48.5 Å². The molecule has 0 unspecified atom stereocenters. The van der Waals surface area contributed by atoms with Crippen molar-refractivity contribution in [3.63, 3.8) is 0 Å². The smallest absolute Gasteiger partial charge is 0.309 e. The van der Waals surface area contributed by atoms with Gasteiger partial charge in [-0.25, -0.2) is 15.0 Å². The predicted molar refractivity (Wildman–Crippen MR) is 305 cm³/mol. The lowest BCUT2D eigenvalue weighted by Gasteiger charge is -2.21. The van der Waals surface area contributed by atoms with Crippen molar-refractivity contribution in [2.75, 3.05) is 0 Å². The van der Waals surface area contributed by atoms with Gasteiger partial charge in [0.2, 0.25) is 0 Å². The number of rotatable bonds is 8. The van der Waals surface area contributed by atoms with Crippen LogP contribution in [-0.4, -0.2) is 24.1 Å². The lowest BCUT2D eigenvalue weighted by Crippen LogP contribution is -2.13. The molecule has 0 radical (unpaired) electrons. The lowest BCUT2D eigenvalue weighted by atomic mass is 9.95. The van der Waals surface area contributed by atoms with Gasteiger partial charge in [-0.05, 0) is 116 Å². The second-order valence-corrected chi connectivity index (χ2v) is 19.9. The van der Waals surface area contributed by atoms with Crippen molar-refractivity contribution < 1.29 is 13.2 Å². The molecule has 0 bridgehead atoms. The van der Waals surface area contributed by atoms with Crippen LogP contribution in [0.5, 0.6) is 0 Å². The van der Waals surface area contributed by atoms with Gasteiger partial charge in [0.15, 0.2) is 17.5 Å². The number of hydrogen-bond acceptors (Lipinski definition) is 3. The van der Waals surface area contributed by atoms with Crippen molar-refractivity contribution >= 4 is 43.6 Å². The minimum Gasteiger partial charge on any atom is -0.309 e. The summed E-state index contributed by atoms with van der Waals surface area (Å²) >= 11 is 0. The third-order valence-electron chi connectivity index (χ3n) is 14.5. The molecule has 0 aliphatic rings. The Labute approximate surface area is 437 Å². The molecule has 13 aromatic rings. The molecule has 8 heteroatoms. The molecule has 366 valence electrons. The lowest BCUT2D eigenvalue weighted by molar-refractivity contribution is -0.136. The quantitative estimate of drug-likeness (QED) is 0.152. The summed E-state index contributed by atoms with van der Waals surface area (Å²) < 4.78 is 53.4. The van der Waals surface area contributed by atoms with Crippen molar-refractivity contribution in [2.24, 2.45) is 0 Å². The summed E-state index contributed by atoms with van der Waals surface area (Å²) in [7, 11) is 0. The highest BCUT2D eigenvalue weighted by Gasteiger charge is 2.38. The first-order valence-corrected chi connectivity index (χ1v) is 25.4. The Morgan fingerprint density at radius 2 is 0.737 bits per heavy atom. The molecule has 0 fully saturated rings. The first kappa shape index (κ1) is 46.4. The second-order valence-electron chi connectivity index (χ2n) is 19.9. The molecule has 0 aliphatic carbocycles. The van der Waals surface area contributed by atoms with Gasteiger partial charge in [-0.2, -0.15) is 13.2 Å². The van der Waals surface area contributed by atoms with Gasteiger partial charge in [0.1, 0.15) is 0 Å². The third kappa shape index (κ3) is 8.10. The van der Waals surface area contributed by atoms with E-state index in [0.29, 0.717) is 45.3 Å². The Morgan fingerprint density at radius 1 is 0.303 bits per heavy atom. The summed E-state index contributed by atoms with van der Waals surface area (Å²) in [4.78, 5) is 15.4. The predicted octanol–water partition coefficient (Wildman–Crippen LogP) is 18.3. The largest absolute Gasteiger partial charge is 0.419 e. The molecule has 76 heavy (non-hydrogen) atoms. The van der Waals surface area contributed by atoms with Crippen molar-refractivity contribution in [2.45, 2.75) is 33.9 Å². The molecule has 0 atom stereocenters. The first-order chi connectivity index (χ1) is 36.9. The van der Waals surface area contributed by atoms with Crippen LogP contribution in [0.2, 0.25) is 0 Å². The number of halogens is 3. The van der Waals surface area contributed by atoms with E-state index >= 15 is 13.2 Å². The maximum absolute atomic E-state index is 16.5. The Morgan fingerprint density at radius 3 is 1.24 bits per heavy atom. The van der Waals surface area contributed by atoms with Crippen molar-refractivity contribution in [1.82, 2.24) is 24.1 Å². The zero-order valence-electron chi connectivity index (χ0n) is 42.2. The molecule has 3 aromatic heterocycles. The van der Waals surface area contributed by atoms with E-state index in [1.165, 1.54) is 11.1 Å². The van der Waals surface area contributed by atoms with Crippen molar-refractivity contribution in [1.29, 1.82) is 0 Å². The Hall–Kier alpha value is -9.40. The first-order valence-electron chi connectivity index (χ1n) is 25.4. The van der Waals surface area contributed by atoms with Crippen LogP contribution in [0.15, 0.2) is 218 Å². The van der Waals surface area contributed by atoms with Gasteiger partial charge >= 0.3 is 6.18 Å². The summed E-state index contributed by atoms with van der Waals surface area (Å²) in [6.45, 7) is 8.36. The average molecular weight is 992 g/mol. The average Bonchev–Trinajstić information content (AvgIpc) is 3.97. The zero-order valence-corrected chi connectivity index (χ0v) is 42.2. The van der Waals surface area contributed by atoms with Crippen molar-refractivity contribution in [3.8, 4) is 78.9 Å². The number of fused-ring (bicyclic) bond motifs is 6. The van der Waals surface area contributed by atoms with Gasteiger partial charge in [0.25, 0.3) is 0 Å². The molecular formula is C68H48F3N5. The highest BCUT2D eigenvalue weighted by Crippen LogP contribution is 2.46. The monoisotopic (exact) mass is 991 g/mol. The van der Waals surface area contributed by atoms with Crippen LogP contribution < -0.4 is 0 Å². The SMILES string of the molecule is Cc1cc(C)cc(-c2ccc3c(c2)c2ccccc2n3-c2cc(-c3cccc(-n4c5ccccc5c5cc(-c6cc(C)cc(C)c6)ccc54)c3C(F)(F)F)ccc2-c2nc(-c3ccccc3)nc(-c3ccccc3)n2)c1. The molecule has 3 heterocycles. The van der Waals surface area contributed by atoms with Gasteiger partial charge in [-0.3, -0.25) is 0 Å². The number of hydrogen-bond donors (Lipinski definition) is 0. The van der Waals surface area contributed by atoms with Crippen LogP contribution in [-0.2, 0) is 6.18 Å². The fourth-order valence-electron chi connectivity index (χ4n) is 11.4. The van der Waals surface area contributed by atoms with Gasteiger partial charge < -0.3 is 9.13 Å². The molecule has 0 spiro atoms. The maximum atomic E-state index is 16.5. The van der Waals surface area contributed by atoms with E-state index in [-0.39, 0.29) is 11.3 Å². The highest BCUT2D eigenvalue weighted by atomic mass is 19.4. The van der Waals surface area contributed by atoms with Crippen molar-refractivity contribution in [3.05, 3.63) is 246 Å². The molecule has 0 amide bonds. The van der Waals surface area contributed by atoms with E-state index in [1.807, 2.05) is 121 Å². The molecule has 0 saturated carbocycles. The molecule has 13 rings (SSSR count). The zero-order chi connectivity index (χ0) is 51.8. The molecule has 5 nitrogen and oxygen atoms in total. The number of para-hydroxylation sites is 2. The summed E-state index contributed by atoms with van der Waals surface area (Å²) in [5, 5.41) is 3.73. The number of aromatic nitrogens is 5. The Kier molecular flexibility index (Phi) is 11.1. The van der Waals surface area contributed by atoms with Gasteiger partial charge in [0, 0.05) is 38.2 Å². The van der Waals surface area contributed by atoms with E-state index < -0.39 is 11.7 Å². The fraction of sp³-hybridized carbons (Fsp3) is 0.0735. The summed E-state index contributed by atoms with van der Waals surface area (Å²) in [5.74, 6) is 1.32. The highest BCUT2D eigenvalue weighted by molar-refractivity contribution is 6.12. The molecule has 10 aromatic carbocycles. The van der Waals surface area contributed by atoms with E-state index in [2.05, 4.69) is 105 Å². The third-order valence-corrected chi connectivity index (χ3v) is 14.5. The number of nitrogens with zero attached hydrogens (tertiary/aromatic N) is 5. The van der Waals surface area contributed by atoms with E-state index in [4.69, 9.17) is 15.0 Å².